The highest BCUT2D eigenvalue weighted by Crippen LogP contribution is 2.06. The van der Waals surface area contributed by atoms with Crippen molar-refractivity contribution < 1.29 is 0 Å². The summed E-state index contributed by atoms with van der Waals surface area (Å²) >= 11 is 0. The van der Waals surface area contributed by atoms with Crippen molar-refractivity contribution in [2.24, 2.45) is 0 Å². The number of aryl methyl sites for hydroxylation is 2. The van der Waals surface area contributed by atoms with Gasteiger partial charge in [0.15, 0.2) is 0 Å². The van der Waals surface area contributed by atoms with E-state index in [1.165, 1.54) is 6.42 Å². The summed E-state index contributed by atoms with van der Waals surface area (Å²) in [5.41, 5.74) is 0. The molecule has 1 rings (SSSR count). The molecule has 6 nitrogen and oxygen atoms in total. The normalized spacial score (nSPS) is 11.5. The molecule has 0 atom stereocenters. The Labute approximate surface area is 154 Å². The van der Waals surface area contributed by atoms with Crippen LogP contribution in [0.25, 0.3) is 0 Å². The zero-order chi connectivity index (χ0) is 18.5. The Balaban J connectivity index is 2.37. The van der Waals surface area contributed by atoms with Crippen LogP contribution in [0.3, 0.4) is 0 Å². The monoisotopic (exact) mass is 350 g/mol. The number of unbranched alkanes of at least 4 members (excludes halogenated alkanes) is 1. The second-order valence-electron chi connectivity index (χ2n) is 6.41. The predicted molar refractivity (Wildman–Crippen MR) is 106 cm³/mol. The lowest BCUT2D eigenvalue weighted by atomic mass is 10.2. The number of nitrogens with one attached hydrogen (secondary N) is 1. The fourth-order valence-corrected chi connectivity index (χ4v) is 2.93. The molecule has 0 spiro atoms. The fraction of sp³-hybridized carbons (Fsp3) is 0.842. The van der Waals surface area contributed by atoms with Crippen LogP contribution in [-0.2, 0) is 6.42 Å². The number of hydrogen-bond donors (Lipinski definition) is 1. The molecule has 0 aromatic carbocycles. The average molecular weight is 351 g/mol. The van der Waals surface area contributed by atoms with E-state index in [1.54, 1.807) is 0 Å². The van der Waals surface area contributed by atoms with E-state index >= 15 is 0 Å². The third-order valence-corrected chi connectivity index (χ3v) is 4.64. The van der Waals surface area contributed by atoms with Gasteiger partial charge in [-0.3, -0.25) is 0 Å². The van der Waals surface area contributed by atoms with Gasteiger partial charge in [0.05, 0.1) is 0 Å². The van der Waals surface area contributed by atoms with Crippen molar-refractivity contribution in [1.82, 2.24) is 24.8 Å². The molecular weight excluding hydrogens is 312 g/mol. The van der Waals surface area contributed by atoms with E-state index in [-0.39, 0.29) is 0 Å². The van der Waals surface area contributed by atoms with Gasteiger partial charge >= 0.3 is 0 Å². The number of nitrogens with zero attached hydrogens (tertiary/aromatic N) is 5. The second kappa shape index (κ2) is 13.0. The lowest BCUT2D eigenvalue weighted by Gasteiger charge is -2.18. The molecule has 25 heavy (non-hydrogen) atoms. The van der Waals surface area contributed by atoms with Gasteiger partial charge in [-0.25, -0.2) is 4.98 Å². The molecule has 0 aliphatic rings. The summed E-state index contributed by atoms with van der Waals surface area (Å²) in [4.78, 5) is 18.4. The van der Waals surface area contributed by atoms with Crippen LogP contribution in [-0.4, -0.2) is 70.6 Å². The Bertz CT molecular complexity index is 419. The van der Waals surface area contributed by atoms with Gasteiger partial charge in [0, 0.05) is 13.0 Å². The smallest absolute Gasteiger partial charge is 0.226 e. The second-order valence-corrected chi connectivity index (χ2v) is 6.41. The minimum atomic E-state index is 0.728. The van der Waals surface area contributed by atoms with Gasteiger partial charge in [0.2, 0.25) is 5.95 Å². The molecule has 0 aliphatic carbocycles. The SMILES string of the molecule is CCN(CC)CCCCc1nc(C)nc(NCCCN(CC)CC)n1. The summed E-state index contributed by atoms with van der Waals surface area (Å²) in [6.07, 6.45) is 4.35. The summed E-state index contributed by atoms with van der Waals surface area (Å²) < 4.78 is 0. The maximum atomic E-state index is 4.59. The topological polar surface area (TPSA) is 57.2 Å². The molecule has 1 heterocycles. The van der Waals surface area contributed by atoms with E-state index in [4.69, 9.17) is 0 Å². The highest BCUT2D eigenvalue weighted by molar-refractivity contribution is 5.24. The lowest BCUT2D eigenvalue weighted by molar-refractivity contribution is 0.296. The molecule has 0 saturated carbocycles. The molecule has 1 aromatic rings. The third kappa shape index (κ3) is 9.12. The van der Waals surface area contributed by atoms with Gasteiger partial charge in [0.1, 0.15) is 11.6 Å². The van der Waals surface area contributed by atoms with Crippen LogP contribution in [0.2, 0.25) is 0 Å². The zero-order valence-electron chi connectivity index (χ0n) is 17.0. The maximum absolute atomic E-state index is 4.59. The van der Waals surface area contributed by atoms with Crippen LogP contribution >= 0.6 is 0 Å². The predicted octanol–water partition coefficient (Wildman–Crippen LogP) is 2.99. The first-order chi connectivity index (χ1) is 12.1. The molecular formula is C19H38N6. The van der Waals surface area contributed by atoms with E-state index in [9.17, 15) is 0 Å². The van der Waals surface area contributed by atoms with E-state index in [0.717, 1.165) is 82.7 Å². The van der Waals surface area contributed by atoms with E-state index < -0.39 is 0 Å². The first-order valence-electron chi connectivity index (χ1n) is 10.0. The van der Waals surface area contributed by atoms with Crippen LogP contribution in [0.4, 0.5) is 5.95 Å². The fourth-order valence-electron chi connectivity index (χ4n) is 2.93. The van der Waals surface area contributed by atoms with Crippen LogP contribution < -0.4 is 5.32 Å². The molecule has 1 aromatic heterocycles. The number of aromatic nitrogens is 3. The maximum Gasteiger partial charge on any atom is 0.226 e. The summed E-state index contributed by atoms with van der Waals surface area (Å²) in [5.74, 6) is 2.45. The Morgan fingerprint density at radius 2 is 1.36 bits per heavy atom. The molecule has 6 heteroatoms. The van der Waals surface area contributed by atoms with Gasteiger partial charge in [-0.2, -0.15) is 9.97 Å². The summed E-state index contributed by atoms with van der Waals surface area (Å²) in [5, 5.41) is 3.36. The van der Waals surface area contributed by atoms with Crippen molar-refractivity contribution in [3.8, 4) is 0 Å². The zero-order valence-corrected chi connectivity index (χ0v) is 17.0. The molecule has 0 aliphatic heterocycles. The van der Waals surface area contributed by atoms with E-state index in [2.05, 4.69) is 57.8 Å². The number of rotatable bonds is 14. The van der Waals surface area contributed by atoms with Crippen molar-refractivity contribution in [1.29, 1.82) is 0 Å². The van der Waals surface area contributed by atoms with Gasteiger partial charge in [-0.15, -0.1) is 0 Å². The Hall–Kier alpha value is -1.27. The quantitative estimate of drug-likeness (QED) is 0.521. The molecule has 144 valence electrons. The van der Waals surface area contributed by atoms with Crippen molar-refractivity contribution in [3.05, 3.63) is 11.6 Å². The minimum absolute atomic E-state index is 0.728. The molecule has 0 radical (unpaired) electrons. The van der Waals surface area contributed by atoms with Gasteiger partial charge in [0.25, 0.3) is 0 Å². The molecule has 0 saturated heterocycles. The average Bonchev–Trinajstić information content (AvgIpc) is 2.61. The van der Waals surface area contributed by atoms with Crippen LogP contribution in [0.5, 0.6) is 0 Å². The largest absolute Gasteiger partial charge is 0.354 e. The molecule has 0 unspecified atom stereocenters. The first-order valence-corrected chi connectivity index (χ1v) is 10.0. The van der Waals surface area contributed by atoms with Crippen molar-refractivity contribution >= 4 is 5.95 Å². The highest BCUT2D eigenvalue weighted by atomic mass is 15.2. The minimum Gasteiger partial charge on any atom is -0.354 e. The van der Waals surface area contributed by atoms with Crippen LogP contribution in [0.15, 0.2) is 0 Å². The number of hydrogen-bond acceptors (Lipinski definition) is 6. The molecule has 0 fully saturated rings. The van der Waals surface area contributed by atoms with Crippen LogP contribution in [0, 0.1) is 6.92 Å². The molecule has 1 N–H and O–H groups in total. The summed E-state index contributed by atoms with van der Waals surface area (Å²) in [6, 6.07) is 0. The molecule has 0 amide bonds. The van der Waals surface area contributed by atoms with Gasteiger partial charge in [-0.05, 0) is 65.5 Å². The standard InChI is InChI=1S/C19H38N6/c1-6-24(7-2)15-11-10-13-18-21-17(5)22-19(23-18)20-14-12-16-25(8-3)9-4/h6-16H2,1-5H3,(H,20,21,22,23). The van der Waals surface area contributed by atoms with Crippen LogP contribution in [0.1, 0.15) is 58.6 Å². The first kappa shape index (κ1) is 21.8. The van der Waals surface area contributed by atoms with Gasteiger partial charge in [-0.1, -0.05) is 27.7 Å². The highest BCUT2D eigenvalue weighted by Gasteiger charge is 2.05. The lowest BCUT2D eigenvalue weighted by Crippen LogP contribution is -2.25. The Morgan fingerprint density at radius 1 is 0.760 bits per heavy atom. The van der Waals surface area contributed by atoms with E-state index in [1.807, 2.05) is 6.92 Å². The van der Waals surface area contributed by atoms with Crippen molar-refractivity contribution in [2.45, 2.75) is 60.3 Å². The summed E-state index contributed by atoms with van der Waals surface area (Å²) in [7, 11) is 0. The Kier molecular flexibility index (Phi) is 11.3. The van der Waals surface area contributed by atoms with Crippen molar-refractivity contribution in [2.75, 3.05) is 51.1 Å². The van der Waals surface area contributed by atoms with E-state index in [0.29, 0.717) is 0 Å². The van der Waals surface area contributed by atoms with Crippen molar-refractivity contribution in [3.63, 3.8) is 0 Å². The number of anilines is 1. The summed E-state index contributed by atoms with van der Waals surface area (Å²) in [6.45, 7) is 18.5. The molecule has 0 bridgehead atoms. The Morgan fingerprint density at radius 3 is 1.96 bits per heavy atom. The van der Waals surface area contributed by atoms with Gasteiger partial charge < -0.3 is 15.1 Å². The third-order valence-electron chi connectivity index (χ3n) is 4.64.